The van der Waals surface area contributed by atoms with Gasteiger partial charge in [-0.25, -0.2) is 0 Å². The molecule has 0 bridgehead atoms. The number of halogens is 1. The molecule has 2 rings (SSSR count). The first-order valence-electron chi connectivity index (χ1n) is 5.46. The molecule has 0 fully saturated rings. The van der Waals surface area contributed by atoms with E-state index in [-0.39, 0.29) is 6.04 Å². The third-order valence-electron chi connectivity index (χ3n) is 2.82. The summed E-state index contributed by atoms with van der Waals surface area (Å²) in [6, 6.07) is 12.8. The van der Waals surface area contributed by atoms with E-state index in [9.17, 15) is 0 Å². The first-order chi connectivity index (χ1) is 8.20. The summed E-state index contributed by atoms with van der Waals surface area (Å²) in [4.78, 5) is 1.25. The van der Waals surface area contributed by atoms with Crippen LogP contribution in [-0.2, 0) is 6.42 Å². The largest absolute Gasteiger partial charge is 0.271 e. The summed E-state index contributed by atoms with van der Waals surface area (Å²) in [5.41, 5.74) is 5.54. The molecule has 3 N–H and O–H groups in total. The predicted octanol–water partition coefficient (Wildman–Crippen LogP) is 3.57. The van der Waals surface area contributed by atoms with Crippen molar-refractivity contribution in [3.63, 3.8) is 0 Å². The van der Waals surface area contributed by atoms with Crippen LogP contribution in [0.4, 0.5) is 0 Å². The molecule has 17 heavy (non-hydrogen) atoms. The topological polar surface area (TPSA) is 38.0 Å². The van der Waals surface area contributed by atoms with Gasteiger partial charge < -0.3 is 0 Å². The van der Waals surface area contributed by atoms with Crippen LogP contribution >= 0.6 is 27.3 Å². The molecule has 0 aliphatic carbocycles. The summed E-state index contributed by atoms with van der Waals surface area (Å²) in [5, 5.41) is 0. The lowest BCUT2D eigenvalue weighted by Crippen LogP contribution is -2.29. The number of hydrazine groups is 1. The Morgan fingerprint density at radius 3 is 2.65 bits per heavy atom. The first-order valence-corrected chi connectivity index (χ1v) is 7.07. The van der Waals surface area contributed by atoms with Gasteiger partial charge in [-0.05, 0) is 52.5 Å². The molecule has 0 aliphatic heterocycles. The van der Waals surface area contributed by atoms with Crippen molar-refractivity contribution in [2.45, 2.75) is 19.4 Å². The maximum Gasteiger partial charge on any atom is 0.0702 e. The molecule has 1 aromatic carbocycles. The Kier molecular flexibility index (Phi) is 4.34. The van der Waals surface area contributed by atoms with Crippen molar-refractivity contribution in [2.24, 2.45) is 5.84 Å². The Morgan fingerprint density at radius 1 is 1.29 bits per heavy atom. The monoisotopic (exact) mass is 310 g/mol. The molecule has 0 saturated carbocycles. The molecule has 90 valence electrons. The van der Waals surface area contributed by atoms with Crippen LogP contribution in [-0.4, -0.2) is 0 Å². The quantitative estimate of drug-likeness (QED) is 0.669. The Labute approximate surface area is 114 Å². The van der Waals surface area contributed by atoms with Crippen LogP contribution in [0, 0.1) is 6.92 Å². The van der Waals surface area contributed by atoms with Gasteiger partial charge in [-0.3, -0.25) is 11.3 Å². The molecule has 0 saturated heterocycles. The molecule has 0 spiro atoms. The average Bonchev–Trinajstić information content (AvgIpc) is 2.75. The number of hydrogen-bond donors (Lipinski definition) is 2. The fraction of sp³-hybridized carbons (Fsp3) is 0.231. The van der Waals surface area contributed by atoms with E-state index in [1.807, 2.05) is 0 Å². The number of nitrogens with two attached hydrogens (primary N) is 1. The standard InChI is InChI=1S/C13H15BrN2S/c1-9-4-2-3-5-10(9)8-11(16-15)12-6-7-13(14)17-12/h2-7,11,16H,8,15H2,1H3. The van der Waals surface area contributed by atoms with Gasteiger partial charge in [0.2, 0.25) is 0 Å². The van der Waals surface area contributed by atoms with Gasteiger partial charge in [-0.15, -0.1) is 11.3 Å². The van der Waals surface area contributed by atoms with Crippen molar-refractivity contribution in [3.05, 3.63) is 56.2 Å². The maximum atomic E-state index is 5.65. The van der Waals surface area contributed by atoms with Gasteiger partial charge in [-0.2, -0.15) is 0 Å². The molecule has 2 nitrogen and oxygen atoms in total. The molecular weight excluding hydrogens is 296 g/mol. The predicted molar refractivity (Wildman–Crippen MR) is 77.0 cm³/mol. The van der Waals surface area contributed by atoms with Crippen molar-refractivity contribution < 1.29 is 0 Å². The Balaban J connectivity index is 2.18. The minimum absolute atomic E-state index is 0.174. The van der Waals surface area contributed by atoms with Crippen LogP contribution in [0.5, 0.6) is 0 Å². The number of benzene rings is 1. The number of aryl methyl sites for hydroxylation is 1. The van der Waals surface area contributed by atoms with E-state index in [1.54, 1.807) is 11.3 Å². The molecule has 0 amide bonds. The van der Waals surface area contributed by atoms with E-state index in [0.717, 1.165) is 10.2 Å². The van der Waals surface area contributed by atoms with E-state index < -0.39 is 0 Å². The zero-order chi connectivity index (χ0) is 12.3. The fourth-order valence-corrected chi connectivity index (χ4v) is 3.30. The van der Waals surface area contributed by atoms with Crippen molar-refractivity contribution in [2.75, 3.05) is 0 Å². The Bertz CT molecular complexity index is 496. The van der Waals surface area contributed by atoms with E-state index in [4.69, 9.17) is 5.84 Å². The van der Waals surface area contributed by atoms with Crippen LogP contribution in [0.1, 0.15) is 22.0 Å². The molecule has 0 radical (unpaired) electrons. The summed E-state index contributed by atoms with van der Waals surface area (Å²) in [6.07, 6.45) is 0.913. The second-order valence-corrected chi connectivity index (χ2v) is 6.49. The summed E-state index contributed by atoms with van der Waals surface area (Å²) >= 11 is 5.20. The molecule has 0 aliphatic rings. The van der Waals surface area contributed by atoms with E-state index in [2.05, 4.69) is 64.7 Å². The zero-order valence-electron chi connectivity index (χ0n) is 9.61. The highest BCUT2D eigenvalue weighted by molar-refractivity contribution is 9.11. The van der Waals surface area contributed by atoms with Gasteiger partial charge in [0.25, 0.3) is 0 Å². The molecule has 2 aromatic rings. The van der Waals surface area contributed by atoms with E-state index in [1.165, 1.54) is 16.0 Å². The number of nitrogens with one attached hydrogen (secondary N) is 1. The summed E-state index contributed by atoms with van der Waals surface area (Å²) in [7, 11) is 0. The average molecular weight is 311 g/mol. The minimum Gasteiger partial charge on any atom is -0.271 e. The van der Waals surface area contributed by atoms with Crippen molar-refractivity contribution in [1.82, 2.24) is 5.43 Å². The van der Waals surface area contributed by atoms with Crippen LogP contribution in [0.25, 0.3) is 0 Å². The van der Waals surface area contributed by atoms with Gasteiger partial charge in [-0.1, -0.05) is 24.3 Å². The Hall–Kier alpha value is -0.680. The molecule has 1 aromatic heterocycles. The molecular formula is C13H15BrN2S. The van der Waals surface area contributed by atoms with E-state index >= 15 is 0 Å². The number of rotatable bonds is 4. The van der Waals surface area contributed by atoms with Gasteiger partial charge in [0.05, 0.1) is 9.83 Å². The highest BCUT2D eigenvalue weighted by Gasteiger charge is 2.13. The normalized spacial score (nSPS) is 12.6. The molecule has 1 unspecified atom stereocenters. The second-order valence-electron chi connectivity index (χ2n) is 3.99. The minimum atomic E-state index is 0.174. The van der Waals surface area contributed by atoms with Crippen molar-refractivity contribution in [3.8, 4) is 0 Å². The lowest BCUT2D eigenvalue weighted by molar-refractivity contribution is 0.559. The zero-order valence-corrected chi connectivity index (χ0v) is 12.0. The summed E-state index contributed by atoms with van der Waals surface area (Å²) in [5.74, 6) is 5.65. The fourth-order valence-electron chi connectivity index (χ4n) is 1.82. The SMILES string of the molecule is Cc1ccccc1CC(NN)c1ccc(Br)s1. The van der Waals surface area contributed by atoms with E-state index in [0.29, 0.717) is 0 Å². The third kappa shape index (κ3) is 3.16. The maximum absolute atomic E-state index is 5.65. The first kappa shape index (κ1) is 12.8. The smallest absolute Gasteiger partial charge is 0.0702 e. The highest BCUT2D eigenvalue weighted by atomic mass is 79.9. The van der Waals surface area contributed by atoms with Gasteiger partial charge >= 0.3 is 0 Å². The molecule has 4 heteroatoms. The lowest BCUT2D eigenvalue weighted by atomic mass is 10.0. The third-order valence-corrected chi connectivity index (χ3v) is 4.56. The van der Waals surface area contributed by atoms with Crippen LogP contribution < -0.4 is 11.3 Å². The molecule has 1 heterocycles. The number of hydrogen-bond acceptors (Lipinski definition) is 3. The Morgan fingerprint density at radius 2 is 2.06 bits per heavy atom. The van der Waals surface area contributed by atoms with Crippen molar-refractivity contribution in [1.29, 1.82) is 0 Å². The van der Waals surface area contributed by atoms with Gasteiger partial charge in [0.1, 0.15) is 0 Å². The van der Waals surface area contributed by atoms with Crippen LogP contribution in [0.15, 0.2) is 40.2 Å². The van der Waals surface area contributed by atoms with Gasteiger partial charge in [0.15, 0.2) is 0 Å². The summed E-state index contributed by atoms with van der Waals surface area (Å²) < 4.78 is 1.14. The highest BCUT2D eigenvalue weighted by Crippen LogP contribution is 2.29. The summed E-state index contributed by atoms with van der Waals surface area (Å²) in [6.45, 7) is 2.13. The second kappa shape index (κ2) is 5.78. The lowest BCUT2D eigenvalue weighted by Gasteiger charge is -2.15. The molecule has 1 atom stereocenters. The number of thiophene rings is 1. The van der Waals surface area contributed by atoms with Crippen molar-refractivity contribution >= 4 is 27.3 Å². The van der Waals surface area contributed by atoms with Crippen LogP contribution in [0.3, 0.4) is 0 Å². The van der Waals surface area contributed by atoms with Gasteiger partial charge in [0, 0.05) is 4.88 Å². The van der Waals surface area contributed by atoms with Crippen LogP contribution in [0.2, 0.25) is 0 Å².